The maximum Gasteiger partial charge on any atom is 0.338 e. The second-order valence-corrected chi connectivity index (χ2v) is 12.8. The van der Waals surface area contributed by atoms with Crippen LogP contribution in [-0.2, 0) is 16.1 Å². The van der Waals surface area contributed by atoms with Crippen LogP contribution in [0.5, 0.6) is 11.5 Å². The molecule has 1 atom stereocenters. The van der Waals surface area contributed by atoms with Crippen LogP contribution >= 0.6 is 27.3 Å². The molecule has 0 fully saturated rings. The highest BCUT2D eigenvalue weighted by atomic mass is 79.9. The summed E-state index contributed by atoms with van der Waals surface area (Å²) in [6, 6.07) is 22.7. The molecule has 2 heterocycles. The number of thiazole rings is 1. The molecule has 0 saturated heterocycles. The Labute approximate surface area is 283 Å². The summed E-state index contributed by atoms with van der Waals surface area (Å²) in [6.45, 7) is 3.95. The molecule has 5 aromatic rings. The SMILES string of the molecule is CCCC1=C(C(=O)OCC)[C@H](c2cc(Br)ccc2OC)n2c(s/c(=C/c3c(OCc4ccccc4F)ccc4ccccc34)c2=O)=N1. The number of rotatable bonds is 10. The molecule has 0 unspecified atom stereocenters. The summed E-state index contributed by atoms with van der Waals surface area (Å²) in [6.07, 6.45) is 3.05. The van der Waals surface area contributed by atoms with Gasteiger partial charge < -0.3 is 14.2 Å². The molecule has 6 rings (SSSR count). The Hall–Kier alpha value is -4.54. The standard InChI is InChI=1S/C37H32BrFN2O5S/c1-4-10-29-33(36(43)45-5-2)34(27-19-24(38)16-18-30(27)44-3)41-35(42)32(47-37(41)40-29)20-26-25-13-8-6-11-22(25)15-17-31(26)46-21-23-12-7-9-14-28(23)39/h6-9,11-20,34H,4-5,10,21H2,1-3H3/b32-20+/t34-/m0/s1. The highest BCUT2D eigenvalue weighted by molar-refractivity contribution is 9.10. The first kappa shape index (κ1) is 32.4. The summed E-state index contributed by atoms with van der Waals surface area (Å²) in [5.41, 5.74) is 2.28. The molecule has 10 heteroatoms. The lowest BCUT2D eigenvalue weighted by atomic mass is 9.93. The molecule has 7 nitrogen and oxygen atoms in total. The number of carbonyl (C=O) groups excluding carboxylic acids is 1. The van der Waals surface area contributed by atoms with Gasteiger partial charge in [0.05, 0.1) is 29.5 Å². The van der Waals surface area contributed by atoms with Gasteiger partial charge in [-0.25, -0.2) is 14.2 Å². The molecule has 0 N–H and O–H groups in total. The summed E-state index contributed by atoms with van der Waals surface area (Å²) in [7, 11) is 1.56. The van der Waals surface area contributed by atoms with Gasteiger partial charge in [0.15, 0.2) is 4.80 Å². The molecule has 1 aromatic heterocycles. The van der Waals surface area contributed by atoms with E-state index in [1.165, 1.54) is 17.4 Å². The van der Waals surface area contributed by atoms with Crippen molar-refractivity contribution in [1.29, 1.82) is 0 Å². The summed E-state index contributed by atoms with van der Waals surface area (Å²) in [5.74, 6) is 0.136. The second-order valence-electron chi connectivity index (χ2n) is 10.9. The molecular weight excluding hydrogens is 683 g/mol. The molecule has 240 valence electrons. The zero-order chi connectivity index (χ0) is 33.1. The van der Waals surface area contributed by atoms with Crippen LogP contribution < -0.4 is 24.4 Å². The van der Waals surface area contributed by atoms with Crippen LogP contribution in [0.1, 0.15) is 49.4 Å². The van der Waals surface area contributed by atoms with Gasteiger partial charge in [0, 0.05) is 21.2 Å². The van der Waals surface area contributed by atoms with E-state index >= 15 is 0 Å². The predicted molar refractivity (Wildman–Crippen MR) is 185 cm³/mol. The smallest absolute Gasteiger partial charge is 0.338 e. The van der Waals surface area contributed by atoms with Crippen molar-refractivity contribution in [3.05, 3.63) is 137 Å². The molecule has 0 spiro atoms. The zero-order valence-corrected chi connectivity index (χ0v) is 28.5. The Bertz CT molecular complexity index is 2210. The molecular formula is C37H32BrFN2O5S. The normalized spacial score (nSPS) is 14.6. The summed E-state index contributed by atoms with van der Waals surface area (Å²) < 4.78 is 34.7. The van der Waals surface area contributed by atoms with E-state index in [1.807, 2.05) is 55.5 Å². The first-order valence-electron chi connectivity index (χ1n) is 15.3. The third-order valence-corrected chi connectivity index (χ3v) is 9.40. The second kappa shape index (κ2) is 14.1. The van der Waals surface area contributed by atoms with E-state index in [1.54, 1.807) is 48.9 Å². The van der Waals surface area contributed by atoms with E-state index in [4.69, 9.17) is 19.2 Å². The van der Waals surface area contributed by atoms with E-state index in [9.17, 15) is 14.0 Å². The van der Waals surface area contributed by atoms with E-state index in [-0.39, 0.29) is 24.6 Å². The van der Waals surface area contributed by atoms with Crippen LogP contribution in [0.2, 0.25) is 0 Å². The van der Waals surface area contributed by atoms with Crippen LogP contribution in [-0.4, -0.2) is 24.3 Å². The molecule has 0 amide bonds. The number of allylic oxidation sites excluding steroid dienone is 1. The minimum absolute atomic E-state index is 0.0130. The quantitative estimate of drug-likeness (QED) is 0.143. The van der Waals surface area contributed by atoms with E-state index < -0.39 is 12.0 Å². The van der Waals surface area contributed by atoms with Gasteiger partial charge in [-0.15, -0.1) is 0 Å². The van der Waals surface area contributed by atoms with Crippen molar-refractivity contribution in [3.8, 4) is 11.5 Å². The number of aromatic nitrogens is 1. The van der Waals surface area contributed by atoms with Gasteiger partial charge in [0.1, 0.15) is 30.0 Å². The fraction of sp³-hybridized carbons (Fsp3) is 0.216. The average Bonchev–Trinajstić information content (AvgIpc) is 3.38. The predicted octanol–water partition coefficient (Wildman–Crippen LogP) is 7.22. The lowest BCUT2D eigenvalue weighted by Crippen LogP contribution is -2.40. The number of esters is 1. The third-order valence-electron chi connectivity index (χ3n) is 7.93. The number of fused-ring (bicyclic) bond motifs is 2. The minimum atomic E-state index is -0.842. The molecule has 0 saturated carbocycles. The molecule has 0 radical (unpaired) electrons. The lowest BCUT2D eigenvalue weighted by molar-refractivity contribution is -0.139. The van der Waals surface area contributed by atoms with Crippen molar-refractivity contribution < 1.29 is 23.4 Å². The molecule has 0 aliphatic carbocycles. The molecule has 4 aromatic carbocycles. The van der Waals surface area contributed by atoms with Crippen LogP contribution in [0.15, 0.2) is 104 Å². The fourth-order valence-electron chi connectivity index (χ4n) is 5.79. The number of ether oxygens (including phenoxy) is 3. The van der Waals surface area contributed by atoms with Crippen LogP contribution in [0.25, 0.3) is 16.8 Å². The van der Waals surface area contributed by atoms with Crippen molar-refractivity contribution in [3.63, 3.8) is 0 Å². The molecule has 1 aliphatic heterocycles. The number of halogens is 2. The van der Waals surface area contributed by atoms with Gasteiger partial charge in [-0.1, -0.05) is 89.1 Å². The minimum Gasteiger partial charge on any atom is -0.496 e. The van der Waals surface area contributed by atoms with Gasteiger partial charge in [-0.3, -0.25) is 9.36 Å². The largest absolute Gasteiger partial charge is 0.496 e. The van der Waals surface area contributed by atoms with Gasteiger partial charge in [0.2, 0.25) is 0 Å². The van der Waals surface area contributed by atoms with Gasteiger partial charge >= 0.3 is 5.97 Å². The Balaban J connectivity index is 1.59. The monoisotopic (exact) mass is 714 g/mol. The van der Waals surface area contributed by atoms with Crippen molar-refractivity contribution >= 4 is 50.1 Å². The van der Waals surface area contributed by atoms with E-state index in [0.717, 1.165) is 21.7 Å². The lowest BCUT2D eigenvalue weighted by Gasteiger charge is -2.27. The number of hydrogen-bond acceptors (Lipinski definition) is 7. The average molecular weight is 716 g/mol. The van der Waals surface area contributed by atoms with Crippen molar-refractivity contribution in [2.75, 3.05) is 13.7 Å². The number of carbonyl (C=O) groups is 1. The maximum atomic E-state index is 14.5. The highest BCUT2D eigenvalue weighted by Gasteiger charge is 2.36. The van der Waals surface area contributed by atoms with Crippen molar-refractivity contribution in [2.45, 2.75) is 39.3 Å². The Morgan fingerprint density at radius 1 is 1.04 bits per heavy atom. The molecule has 1 aliphatic rings. The fourth-order valence-corrected chi connectivity index (χ4v) is 7.17. The van der Waals surface area contributed by atoms with Gasteiger partial charge in [0.25, 0.3) is 5.56 Å². The van der Waals surface area contributed by atoms with Crippen LogP contribution in [0.4, 0.5) is 4.39 Å². The zero-order valence-electron chi connectivity index (χ0n) is 26.1. The first-order valence-corrected chi connectivity index (χ1v) is 16.9. The van der Waals surface area contributed by atoms with Gasteiger partial charge in [-0.05, 0) is 60.5 Å². The topological polar surface area (TPSA) is 79.1 Å². The van der Waals surface area contributed by atoms with Crippen LogP contribution in [0, 0.1) is 5.82 Å². The number of hydrogen-bond donors (Lipinski definition) is 0. The summed E-state index contributed by atoms with van der Waals surface area (Å²) in [5, 5.41) is 1.82. The van der Waals surface area contributed by atoms with Gasteiger partial charge in [-0.2, -0.15) is 0 Å². The van der Waals surface area contributed by atoms with Crippen molar-refractivity contribution in [1.82, 2.24) is 4.57 Å². The highest BCUT2D eigenvalue weighted by Crippen LogP contribution is 2.38. The van der Waals surface area contributed by atoms with E-state index in [2.05, 4.69) is 15.9 Å². The third kappa shape index (κ3) is 6.40. The first-order chi connectivity index (χ1) is 22.8. The number of nitrogens with zero attached hydrogens (tertiary/aromatic N) is 2. The summed E-state index contributed by atoms with van der Waals surface area (Å²) in [4.78, 5) is 33.5. The number of methoxy groups -OCH3 is 1. The number of benzene rings is 4. The Morgan fingerprint density at radius 3 is 2.57 bits per heavy atom. The molecule has 0 bridgehead atoms. The Kier molecular flexibility index (Phi) is 9.70. The molecule has 47 heavy (non-hydrogen) atoms. The Morgan fingerprint density at radius 2 is 1.81 bits per heavy atom. The van der Waals surface area contributed by atoms with Crippen LogP contribution in [0.3, 0.4) is 0 Å². The maximum absolute atomic E-state index is 14.5. The summed E-state index contributed by atoms with van der Waals surface area (Å²) >= 11 is 4.80. The van der Waals surface area contributed by atoms with E-state index in [0.29, 0.717) is 55.2 Å². The van der Waals surface area contributed by atoms with Crippen molar-refractivity contribution in [2.24, 2.45) is 4.99 Å².